The lowest BCUT2D eigenvalue weighted by Gasteiger charge is -2.09. The van der Waals surface area contributed by atoms with Crippen LogP contribution in [0.4, 0.5) is 5.69 Å². The van der Waals surface area contributed by atoms with Gasteiger partial charge < -0.3 is 9.73 Å². The molecule has 0 bridgehead atoms. The number of anilines is 1. The maximum absolute atomic E-state index is 12.4. The van der Waals surface area contributed by atoms with Gasteiger partial charge in [-0.3, -0.25) is 10.1 Å². The van der Waals surface area contributed by atoms with Crippen LogP contribution in [0, 0.1) is 0 Å². The molecule has 4 aromatic rings. The van der Waals surface area contributed by atoms with Gasteiger partial charge in [0.2, 0.25) is 5.89 Å². The third kappa shape index (κ3) is 4.58. The summed E-state index contributed by atoms with van der Waals surface area (Å²) in [6.45, 7) is 2.07. The number of rotatable bonds is 4. The second kappa shape index (κ2) is 8.77. The number of fused-ring (bicyclic) bond motifs is 1. The second-order valence-electron chi connectivity index (χ2n) is 6.67. The fourth-order valence-electron chi connectivity index (χ4n) is 2.98. The summed E-state index contributed by atoms with van der Waals surface area (Å²) < 4.78 is 6.80. The van der Waals surface area contributed by atoms with Gasteiger partial charge in [-0.1, -0.05) is 41.1 Å². The molecule has 30 heavy (non-hydrogen) atoms. The van der Waals surface area contributed by atoms with Crippen LogP contribution in [0.2, 0.25) is 0 Å². The molecule has 1 heterocycles. The van der Waals surface area contributed by atoms with Gasteiger partial charge in [-0.25, -0.2) is 4.98 Å². The molecule has 0 saturated heterocycles. The quantitative estimate of drug-likeness (QED) is 0.354. The molecule has 0 radical (unpaired) electrons. The number of benzene rings is 3. The molecule has 150 valence electrons. The number of amides is 1. The zero-order chi connectivity index (χ0) is 21.1. The van der Waals surface area contributed by atoms with Gasteiger partial charge in [-0.2, -0.15) is 0 Å². The van der Waals surface area contributed by atoms with Crippen LogP contribution in [-0.4, -0.2) is 16.0 Å². The van der Waals surface area contributed by atoms with E-state index in [0.29, 0.717) is 28.2 Å². The minimum atomic E-state index is -0.255. The molecule has 0 aliphatic heterocycles. The molecule has 1 aromatic heterocycles. The van der Waals surface area contributed by atoms with E-state index in [1.165, 1.54) is 5.56 Å². The lowest BCUT2D eigenvalue weighted by Crippen LogP contribution is -2.34. The van der Waals surface area contributed by atoms with Crippen molar-refractivity contribution in [1.82, 2.24) is 10.3 Å². The number of thiocarbonyl (C=S) groups is 1. The maximum atomic E-state index is 12.4. The number of hydrogen-bond acceptors (Lipinski definition) is 4. The topological polar surface area (TPSA) is 67.2 Å². The molecular formula is C23H18BrN3O2S. The van der Waals surface area contributed by atoms with Crippen LogP contribution in [0.15, 0.2) is 75.6 Å². The van der Waals surface area contributed by atoms with Gasteiger partial charge >= 0.3 is 0 Å². The molecule has 0 aliphatic rings. The van der Waals surface area contributed by atoms with Gasteiger partial charge in [0, 0.05) is 21.3 Å². The average Bonchev–Trinajstić information content (AvgIpc) is 3.17. The van der Waals surface area contributed by atoms with E-state index < -0.39 is 0 Å². The second-order valence-corrected chi connectivity index (χ2v) is 7.99. The molecular weight excluding hydrogens is 462 g/mol. The molecule has 4 rings (SSSR count). The molecule has 2 N–H and O–H groups in total. The summed E-state index contributed by atoms with van der Waals surface area (Å²) in [5.41, 5.74) is 4.69. The van der Waals surface area contributed by atoms with E-state index in [0.717, 1.165) is 16.5 Å². The highest BCUT2D eigenvalue weighted by Gasteiger charge is 2.11. The zero-order valence-corrected chi connectivity index (χ0v) is 18.5. The van der Waals surface area contributed by atoms with Crippen molar-refractivity contribution in [2.75, 3.05) is 5.32 Å². The van der Waals surface area contributed by atoms with Crippen molar-refractivity contribution >= 4 is 56.0 Å². The van der Waals surface area contributed by atoms with Crippen molar-refractivity contribution < 1.29 is 9.21 Å². The maximum Gasteiger partial charge on any atom is 0.257 e. The Bertz CT molecular complexity index is 1230. The van der Waals surface area contributed by atoms with Crippen LogP contribution in [0.3, 0.4) is 0 Å². The summed E-state index contributed by atoms with van der Waals surface area (Å²) in [4.78, 5) is 16.9. The first-order valence-corrected chi connectivity index (χ1v) is 10.6. The Labute approximate surface area is 187 Å². The predicted molar refractivity (Wildman–Crippen MR) is 127 cm³/mol. The van der Waals surface area contributed by atoms with Crippen molar-refractivity contribution in [2.45, 2.75) is 13.3 Å². The summed E-state index contributed by atoms with van der Waals surface area (Å²) in [6, 6.07) is 20.7. The number of nitrogens with zero attached hydrogens (tertiary/aromatic N) is 1. The van der Waals surface area contributed by atoms with E-state index in [2.05, 4.69) is 38.5 Å². The summed E-state index contributed by atoms with van der Waals surface area (Å²) in [6.07, 6.45) is 0.926. The molecule has 0 unspecified atom stereocenters. The highest BCUT2D eigenvalue weighted by molar-refractivity contribution is 9.10. The van der Waals surface area contributed by atoms with Crippen molar-refractivity contribution in [3.8, 4) is 11.5 Å². The molecule has 7 heteroatoms. The van der Waals surface area contributed by atoms with Gasteiger partial charge in [0.25, 0.3) is 5.91 Å². The Balaban J connectivity index is 1.46. The van der Waals surface area contributed by atoms with Crippen molar-refractivity contribution in [2.24, 2.45) is 0 Å². The number of hydrogen-bond donors (Lipinski definition) is 2. The Morgan fingerprint density at radius 3 is 2.63 bits per heavy atom. The van der Waals surface area contributed by atoms with Gasteiger partial charge in [0.1, 0.15) is 5.52 Å². The van der Waals surface area contributed by atoms with Crippen LogP contribution >= 0.6 is 28.1 Å². The fourth-order valence-corrected chi connectivity index (χ4v) is 3.59. The molecule has 0 atom stereocenters. The van der Waals surface area contributed by atoms with E-state index in [4.69, 9.17) is 16.6 Å². The molecule has 0 aliphatic carbocycles. The summed E-state index contributed by atoms with van der Waals surface area (Å²) in [5, 5.41) is 5.94. The minimum absolute atomic E-state index is 0.217. The van der Waals surface area contributed by atoms with E-state index in [1.54, 1.807) is 12.1 Å². The minimum Gasteiger partial charge on any atom is -0.436 e. The summed E-state index contributed by atoms with van der Waals surface area (Å²) >= 11 is 8.74. The number of halogens is 1. The molecule has 5 nitrogen and oxygen atoms in total. The van der Waals surface area contributed by atoms with Crippen LogP contribution in [0.1, 0.15) is 22.8 Å². The third-order valence-corrected chi connectivity index (χ3v) is 5.27. The number of carbonyl (C=O) groups is 1. The van der Waals surface area contributed by atoms with Crippen molar-refractivity contribution in [1.29, 1.82) is 0 Å². The number of carbonyl (C=O) groups excluding carboxylic acids is 1. The number of aromatic nitrogens is 1. The molecule has 0 spiro atoms. The highest BCUT2D eigenvalue weighted by Crippen LogP contribution is 2.27. The standard InChI is InChI=1S/C23H18BrN3O2S/c1-2-14-6-8-15(9-7-14)21(28)27-23(30)25-18-10-11-20-19(13-18)26-22(29-20)16-4-3-5-17(24)12-16/h3-13H,2H2,1H3,(H2,25,27,28,30). The Morgan fingerprint density at radius 1 is 1.10 bits per heavy atom. The molecule has 0 saturated carbocycles. The summed E-state index contributed by atoms with van der Waals surface area (Å²) in [5.74, 6) is 0.282. The van der Waals surface area contributed by atoms with Gasteiger partial charge in [0.05, 0.1) is 0 Å². The summed E-state index contributed by atoms with van der Waals surface area (Å²) in [7, 11) is 0. The smallest absolute Gasteiger partial charge is 0.257 e. The monoisotopic (exact) mass is 479 g/mol. The van der Waals surface area contributed by atoms with Crippen LogP contribution in [0.5, 0.6) is 0 Å². The first kappa shape index (κ1) is 20.3. The van der Waals surface area contributed by atoms with E-state index in [9.17, 15) is 4.79 Å². The normalized spacial score (nSPS) is 10.7. The van der Waals surface area contributed by atoms with Gasteiger partial charge in [-0.05, 0) is 72.7 Å². The predicted octanol–water partition coefficient (Wildman–Crippen LogP) is 5.95. The van der Waals surface area contributed by atoms with Crippen LogP contribution < -0.4 is 10.6 Å². The zero-order valence-electron chi connectivity index (χ0n) is 16.1. The number of oxazole rings is 1. The van der Waals surface area contributed by atoms with E-state index in [1.807, 2.05) is 54.6 Å². The number of nitrogens with one attached hydrogen (secondary N) is 2. The van der Waals surface area contributed by atoms with Crippen molar-refractivity contribution in [3.05, 3.63) is 82.3 Å². The molecule has 0 fully saturated rings. The fraction of sp³-hybridized carbons (Fsp3) is 0.0870. The largest absolute Gasteiger partial charge is 0.436 e. The van der Waals surface area contributed by atoms with Crippen LogP contribution in [0.25, 0.3) is 22.6 Å². The molecule has 1 amide bonds. The van der Waals surface area contributed by atoms with E-state index >= 15 is 0 Å². The average molecular weight is 480 g/mol. The SMILES string of the molecule is CCc1ccc(C(=O)NC(=S)Nc2ccc3oc(-c4cccc(Br)c4)nc3c2)cc1. The first-order chi connectivity index (χ1) is 14.5. The third-order valence-electron chi connectivity index (χ3n) is 4.57. The van der Waals surface area contributed by atoms with E-state index in [-0.39, 0.29) is 11.0 Å². The van der Waals surface area contributed by atoms with Gasteiger partial charge in [0.15, 0.2) is 10.7 Å². The molecule has 3 aromatic carbocycles. The van der Waals surface area contributed by atoms with Crippen molar-refractivity contribution in [3.63, 3.8) is 0 Å². The Hall–Kier alpha value is -3.03. The van der Waals surface area contributed by atoms with Gasteiger partial charge in [-0.15, -0.1) is 0 Å². The lowest BCUT2D eigenvalue weighted by atomic mass is 10.1. The highest BCUT2D eigenvalue weighted by atomic mass is 79.9. The Morgan fingerprint density at radius 2 is 1.90 bits per heavy atom. The lowest BCUT2D eigenvalue weighted by molar-refractivity contribution is 0.0977. The Kier molecular flexibility index (Phi) is 5.92. The number of aryl methyl sites for hydroxylation is 1. The van der Waals surface area contributed by atoms with Crippen LogP contribution in [-0.2, 0) is 6.42 Å². The first-order valence-electron chi connectivity index (χ1n) is 9.39.